The van der Waals surface area contributed by atoms with Gasteiger partial charge in [-0.25, -0.2) is 4.39 Å². The number of nitrogen functional groups attached to an aromatic ring is 1. The highest BCUT2D eigenvalue weighted by atomic mass is 19.1. The van der Waals surface area contributed by atoms with Gasteiger partial charge in [-0.3, -0.25) is 4.79 Å². The number of anilines is 1. The quantitative estimate of drug-likeness (QED) is 0.805. The number of fused-ring (bicyclic) bond motifs is 2. The number of rotatable bonds is 1. The third kappa shape index (κ3) is 2.52. The zero-order chi connectivity index (χ0) is 15.4. The van der Waals surface area contributed by atoms with E-state index in [9.17, 15) is 9.18 Å². The molecule has 0 spiro atoms. The molecule has 1 aliphatic heterocycles. The summed E-state index contributed by atoms with van der Waals surface area (Å²) in [6, 6.07) is 4.30. The maximum absolute atomic E-state index is 13.2. The Morgan fingerprint density at radius 2 is 2.05 bits per heavy atom. The van der Waals surface area contributed by atoms with Crippen LogP contribution in [0.4, 0.5) is 10.1 Å². The van der Waals surface area contributed by atoms with Gasteiger partial charge >= 0.3 is 0 Å². The minimum absolute atomic E-state index is 0.0566. The summed E-state index contributed by atoms with van der Waals surface area (Å²) >= 11 is 0. The van der Waals surface area contributed by atoms with Gasteiger partial charge in [0.1, 0.15) is 5.82 Å². The molecule has 4 heteroatoms. The van der Waals surface area contributed by atoms with E-state index < -0.39 is 5.82 Å². The maximum Gasteiger partial charge on any atom is 0.256 e. The first kappa shape index (κ1) is 14.4. The maximum atomic E-state index is 13.2. The van der Waals surface area contributed by atoms with Crippen molar-refractivity contribution in [2.45, 2.75) is 46.1 Å². The second-order valence-corrected chi connectivity index (χ2v) is 7.88. The zero-order valence-corrected chi connectivity index (χ0v) is 12.9. The SMILES string of the molecule is CC1(C)CC2CC(C)(CN2C(=O)c2ccc(F)cc2N)C1. The molecule has 3 nitrogen and oxygen atoms in total. The van der Waals surface area contributed by atoms with Crippen molar-refractivity contribution in [2.75, 3.05) is 12.3 Å². The molecule has 1 saturated carbocycles. The molecule has 2 aliphatic rings. The van der Waals surface area contributed by atoms with Crippen molar-refractivity contribution in [3.05, 3.63) is 29.6 Å². The van der Waals surface area contributed by atoms with Gasteiger partial charge in [0.15, 0.2) is 0 Å². The lowest BCUT2D eigenvalue weighted by molar-refractivity contribution is 0.0709. The zero-order valence-electron chi connectivity index (χ0n) is 12.9. The highest BCUT2D eigenvalue weighted by Crippen LogP contribution is 2.52. The van der Waals surface area contributed by atoms with Gasteiger partial charge in [-0.05, 0) is 48.3 Å². The Kier molecular flexibility index (Phi) is 3.05. The first-order valence-corrected chi connectivity index (χ1v) is 7.55. The van der Waals surface area contributed by atoms with Crippen LogP contribution in [0.5, 0.6) is 0 Å². The van der Waals surface area contributed by atoms with Crippen molar-refractivity contribution < 1.29 is 9.18 Å². The lowest BCUT2D eigenvalue weighted by Crippen LogP contribution is -2.38. The Labute approximate surface area is 125 Å². The van der Waals surface area contributed by atoms with Gasteiger partial charge in [-0.15, -0.1) is 0 Å². The predicted molar refractivity (Wildman–Crippen MR) is 81.4 cm³/mol. The molecule has 114 valence electrons. The second-order valence-electron chi connectivity index (χ2n) is 7.88. The Balaban J connectivity index is 1.90. The number of likely N-dealkylation sites (tertiary alicyclic amines) is 1. The molecule has 1 amide bonds. The average Bonchev–Trinajstić information content (AvgIpc) is 2.57. The van der Waals surface area contributed by atoms with Crippen LogP contribution in [-0.4, -0.2) is 23.4 Å². The second kappa shape index (κ2) is 4.46. The fourth-order valence-electron chi connectivity index (χ4n) is 4.58. The molecule has 0 aromatic heterocycles. The van der Waals surface area contributed by atoms with Crippen LogP contribution in [0.3, 0.4) is 0 Å². The third-order valence-corrected chi connectivity index (χ3v) is 4.92. The molecule has 2 fully saturated rings. The van der Waals surface area contributed by atoms with E-state index >= 15 is 0 Å². The highest BCUT2D eigenvalue weighted by Gasteiger charge is 2.51. The summed E-state index contributed by atoms with van der Waals surface area (Å²) in [6.45, 7) is 7.59. The topological polar surface area (TPSA) is 46.3 Å². The number of nitrogens with zero attached hydrogens (tertiary/aromatic N) is 1. The molecular weight excluding hydrogens is 267 g/mol. The molecule has 3 rings (SSSR count). The molecule has 0 radical (unpaired) electrons. The van der Waals surface area contributed by atoms with E-state index in [2.05, 4.69) is 20.8 Å². The van der Waals surface area contributed by atoms with Crippen molar-refractivity contribution in [1.82, 2.24) is 4.90 Å². The minimum Gasteiger partial charge on any atom is -0.398 e. The third-order valence-electron chi connectivity index (χ3n) is 4.92. The lowest BCUT2D eigenvalue weighted by atomic mass is 9.65. The van der Waals surface area contributed by atoms with Crippen LogP contribution in [0.2, 0.25) is 0 Å². The largest absolute Gasteiger partial charge is 0.398 e. The van der Waals surface area contributed by atoms with E-state index in [-0.39, 0.29) is 28.5 Å². The molecule has 1 aromatic rings. The molecule has 1 saturated heterocycles. The van der Waals surface area contributed by atoms with E-state index in [1.54, 1.807) is 0 Å². The summed E-state index contributed by atoms with van der Waals surface area (Å²) < 4.78 is 13.2. The van der Waals surface area contributed by atoms with Crippen LogP contribution in [0.15, 0.2) is 18.2 Å². The van der Waals surface area contributed by atoms with Gasteiger partial charge in [-0.2, -0.15) is 0 Å². The number of amides is 1. The standard InChI is InChI=1S/C17H23FN2O/c1-16(2)7-12-8-17(3,9-16)10-20(12)15(21)13-5-4-11(18)6-14(13)19/h4-6,12H,7-10,19H2,1-3H3. The molecule has 2 atom stereocenters. The number of nitrogens with two attached hydrogens (primary N) is 1. The molecule has 1 aliphatic carbocycles. The number of carbonyl (C=O) groups excluding carboxylic acids is 1. The van der Waals surface area contributed by atoms with E-state index in [4.69, 9.17) is 5.73 Å². The van der Waals surface area contributed by atoms with Gasteiger partial charge in [0, 0.05) is 18.3 Å². The van der Waals surface area contributed by atoms with E-state index in [0.717, 1.165) is 25.8 Å². The van der Waals surface area contributed by atoms with Crippen molar-refractivity contribution in [3.8, 4) is 0 Å². The van der Waals surface area contributed by atoms with Gasteiger partial charge in [-0.1, -0.05) is 20.8 Å². The van der Waals surface area contributed by atoms with Crippen LogP contribution >= 0.6 is 0 Å². The minimum atomic E-state index is -0.405. The number of hydrogen-bond donors (Lipinski definition) is 1. The van der Waals surface area contributed by atoms with E-state index in [0.29, 0.717) is 5.56 Å². The summed E-state index contributed by atoms with van der Waals surface area (Å²) in [7, 11) is 0. The number of benzene rings is 1. The highest BCUT2D eigenvalue weighted by molar-refractivity contribution is 5.99. The van der Waals surface area contributed by atoms with Crippen molar-refractivity contribution in [3.63, 3.8) is 0 Å². The van der Waals surface area contributed by atoms with Gasteiger partial charge in [0.05, 0.1) is 5.56 Å². The summed E-state index contributed by atoms with van der Waals surface area (Å²) in [4.78, 5) is 14.8. The summed E-state index contributed by atoms with van der Waals surface area (Å²) in [5.74, 6) is -0.462. The summed E-state index contributed by atoms with van der Waals surface area (Å²) in [6.07, 6.45) is 3.22. The number of hydrogen-bond acceptors (Lipinski definition) is 2. The van der Waals surface area contributed by atoms with Gasteiger partial charge in [0.25, 0.3) is 5.91 Å². The summed E-state index contributed by atoms with van der Waals surface area (Å²) in [5, 5.41) is 0. The van der Waals surface area contributed by atoms with Crippen LogP contribution < -0.4 is 5.73 Å². The first-order valence-electron chi connectivity index (χ1n) is 7.55. The van der Waals surface area contributed by atoms with Gasteiger partial charge < -0.3 is 10.6 Å². The predicted octanol–water partition coefficient (Wildman–Crippen LogP) is 3.45. The molecule has 21 heavy (non-hydrogen) atoms. The normalized spacial score (nSPS) is 30.5. The molecule has 1 aromatic carbocycles. The molecule has 2 N–H and O–H groups in total. The van der Waals surface area contributed by atoms with E-state index in [1.165, 1.54) is 18.2 Å². The Morgan fingerprint density at radius 1 is 1.33 bits per heavy atom. The summed E-state index contributed by atoms with van der Waals surface area (Å²) in [5.41, 5.74) is 6.93. The molecule has 2 bridgehead atoms. The fraction of sp³-hybridized carbons (Fsp3) is 0.588. The molecular formula is C17H23FN2O. The van der Waals surface area contributed by atoms with Crippen LogP contribution in [0.1, 0.15) is 50.4 Å². The lowest BCUT2D eigenvalue weighted by Gasteiger charge is -2.39. The fourth-order valence-corrected chi connectivity index (χ4v) is 4.58. The van der Waals surface area contributed by atoms with Crippen molar-refractivity contribution >= 4 is 11.6 Å². The van der Waals surface area contributed by atoms with Crippen LogP contribution in [0, 0.1) is 16.6 Å². The average molecular weight is 290 g/mol. The van der Waals surface area contributed by atoms with Crippen molar-refractivity contribution in [1.29, 1.82) is 0 Å². The number of halogens is 1. The molecule has 2 unspecified atom stereocenters. The van der Waals surface area contributed by atoms with Gasteiger partial charge in [0.2, 0.25) is 0 Å². The molecule has 1 heterocycles. The Hall–Kier alpha value is -1.58. The van der Waals surface area contributed by atoms with Crippen molar-refractivity contribution in [2.24, 2.45) is 10.8 Å². The smallest absolute Gasteiger partial charge is 0.256 e. The Morgan fingerprint density at radius 3 is 2.71 bits per heavy atom. The monoisotopic (exact) mass is 290 g/mol. The first-order chi connectivity index (χ1) is 9.69. The number of carbonyl (C=O) groups is 1. The van der Waals surface area contributed by atoms with E-state index in [1.807, 2.05) is 4.90 Å². The van der Waals surface area contributed by atoms with Crippen LogP contribution in [0.25, 0.3) is 0 Å². The van der Waals surface area contributed by atoms with Crippen LogP contribution in [-0.2, 0) is 0 Å². The Bertz CT molecular complexity index is 598.